The van der Waals surface area contributed by atoms with Crippen molar-refractivity contribution in [3.05, 3.63) is 46.4 Å². The lowest BCUT2D eigenvalue weighted by molar-refractivity contribution is -0.0429. The van der Waals surface area contributed by atoms with E-state index < -0.39 is 36.1 Å². The molecule has 0 saturated carbocycles. The maximum atomic E-state index is 12.6. The highest BCUT2D eigenvalue weighted by atomic mass is 35.5. The summed E-state index contributed by atoms with van der Waals surface area (Å²) in [5.74, 6) is 0. The maximum absolute atomic E-state index is 12.6. The minimum Gasteiger partial charge on any atom is -0.275 e. The molecule has 0 aliphatic carbocycles. The van der Waals surface area contributed by atoms with Gasteiger partial charge >= 0.3 is 15.5 Å². The average Bonchev–Trinajstić information content (AvgIpc) is 2.49. The van der Waals surface area contributed by atoms with E-state index in [1.54, 1.807) is 0 Å². The summed E-state index contributed by atoms with van der Waals surface area (Å²) in [6.07, 6.45) is 0. The van der Waals surface area contributed by atoms with Crippen molar-refractivity contribution in [2.45, 2.75) is 20.2 Å². The molecule has 0 aliphatic rings. The van der Waals surface area contributed by atoms with E-state index in [4.69, 9.17) is 28.3 Å². The van der Waals surface area contributed by atoms with Crippen molar-refractivity contribution in [3.63, 3.8) is 0 Å². The van der Waals surface area contributed by atoms with E-state index in [0.717, 1.165) is 30.0 Å². The molecule has 148 valence electrons. The Morgan fingerprint density at radius 3 is 2.11 bits per heavy atom. The van der Waals surface area contributed by atoms with Crippen LogP contribution in [-0.4, -0.2) is 22.3 Å². The van der Waals surface area contributed by atoms with Gasteiger partial charge in [0.15, 0.2) is 0 Å². The minimum absolute atomic E-state index is 0.123. The number of rotatable bonds is 5. The van der Waals surface area contributed by atoms with Crippen molar-refractivity contribution in [3.8, 4) is 0 Å². The summed E-state index contributed by atoms with van der Waals surface area (Å²) >= 11 is 12.5. The Kier molecular flexibility index (Phi) is 6.29. The molecule has 0 amide bonds. The van der Waals surface area contributed by atoms with Gasteiger partial charge in [0.25, 0.3) is 0 Å². The monoisotopic (exact) mass is 480 g/mol. The number of sulfonamides is 2. The smallest absolute Gasteiger partial charge is 0.275 e. The van der Waals surface area contributed by atoms with Crippen LogP contribution in [-0.2, 0) is 20.0 Å². The number of nitrogens with two attached hydrogens (primary N) is 1. The van der Waals surface area contributed by atoms with Gasteiger partial charge in [-0.05, 0) is 36.4 Å². The van der Waals surface area contributed by atoms with Crippen molar-refractivity contribution in [1.29, 1.82) is 0 Å². The van der Waals surface area contributed by atoms with E-state index in [0.29, 0.717) is 9.92 Å². The summed E-state index contributed by atoms with van der Waals surface area (Å²) < 4.78 is 85.1. The molecular formula is C13H9Cl2F3N2O4S3. The molecule has 0 fully saturated rings. The molecule has 0 radical (unpaired) electrons. The SMILES string of the molecule is NS(=O)(=O)c1ccc(NS(=O)(=O)C(F)(F)F)c(Sc2ccc(Cl)cc2Cl)c1. The van der Waals surface area contributed by atoms with Crippen molar-refractivity contribution in [2.24, 2.45) is 5.14 Å². The van der Waals surface area contributed by atoms with Gasteiger partial charge in [0.2, 0.25) is 10.0 Å². The van der Waals surface area contributed by atoms with E-state index >= 15 is 0 Å². The van der Waals surface area contributed by atoms with E-state index in [9.17, 15) is 30.0 Å². The number of anilines is 1. The van der Waals surface area contributed by atoms with Crippen molar-refractivity contribution in [2.75, 3.05) is 4.72 Å². The standard InChI is InChI=1S/C13H9Cl2F3N2O4S3/c14-7-1-4-11(9(15)5-7)25-12-6-8(26(19,21)22)2-3-10(12)20-27(23,24)13(16,17)18/h1-6,20H,(H2,19,21,22). The van der Waals surface area contributed by atoms with Crippen LogP contribution < -0.4 is 9.86 Å². The molecule has 0 spiro atoms. The molecule has 0 heterocycles. The Balaban J connectivity index is 2.57. The third-order valence-electron chi connectivity index (χ3n) is 2.94. The van der Waals surface area contributed by atoms with Gasteiger partial charge in [-0.3, -0.25) is 4.72 Å². The first-order valence-electron chi connectivity index (χ1n) is 6.59. The molecular weight excluding hydrogens is 472 g/mol. The second-order valence-corrected chi connectivity index (χ2v) is 10.1. The molecule has 0 bridgehead atoms. The lowest BCUT2D eigenvalue weighted by Crippen LogP contribution is -2.30. The fraction of sp³-hybridized carbons (Fsp3) is 0.0769. The number of hydrogen-bond acceptors (Lipinski definition) is 5. The summed E-state index contributed by atoms with van der Waals surface area (Å²) in [6.45, 7) is 0. The maximum Gasteiger partial charge on any atom is 0.516 e. The van der Waals surface area contributed by atoms with Crippen LogP contribution in [0, 0.1) is 0 Å². The molecule has 2 aromatic rings. The second-order valence-electron chi connectivity index (χ2n) is 4.93. The minimum atomic E-state index is -5.73. The summed E-state index contributed by atoms with van der Waals surface area (Å²) in [4.78, 5) is -0.302. The highest BCUT2D eigenvalue weighted by Crippen LogP contribution is 2.40. The quantitative estimate of drug-likeness (QED) is 0.670. The van der Waals surface area contributed by atoms with Crippen LogP contribution in [0.5, 0.6) is 0 Å². The molecule has 2 rings (SSSR count). The van der Waals surface area contributed by atoms with Crippen molar-refractivity contribution in [1.82, 2.24) is 0 Å². The predicted molar refractivity (Wildman–Crippen MR) is 97.0 cm³/mol. The number of benzene rings is 2. The summed E-state index contributed by atoms with van der Waals surface area (Å²) in [6, 6.07) is 6.89. The molecule has 0 unspecified atom stereocenters. The van der Waals surface area contributed by atoms with E-state index in [2.05, 4.69) is 0 Å². The fourth-order valence-corrected chi connectivity index (χ4v) is 4.46. The number of nitrogens with one attached hydrogen (secondary N) is 1. The molecule has 3 N–H and O–H groups in total. The van der Waals surface area contributed by atoms with Gasteiger partial charge in [0.05, 0.1) is 15.6 Å². The number of primary sulfonamides is 1. The predicted octanol–water partition coefficient (Wildman–Crippen LogP) is 4.05. The Morgan fingerprint density at radius 1 is 0.963 bits per heavy atom. The van der Waals surface area contributed by atoms with Crippen LogP contribution in [0.15, 0.2) is 51.1 Å². The third kappa shape index (κ3) is 5.42. The first-order chi connectivity index (χ1) is 12.2. The Morgan fingerprint density at radius 2 is 1.59 bits per heavy atom. The first kappa shape index (κ1) is 22.1. The molecule has 6 nitrogen and oxygen atoms in total. The Hall–Kier alpha value is -1.18. The van der Waals surface area contributed by atoms with Crippen LogP contribution >= 0.6 is 35.0 Å². The zero-order chi connectivity index (χ0) is 20.6. The first-order valence-corrected chi connectivity index (χ1v) is 11.2. The molecule has 0 saturated heterocycles. The largest absolute Gasteiger partial charge is 0.516 e. The second kappa shape index (κ2) is 7.68. The van der Waals surface area contributed by atoms with Crippen molar-refractivity contribution < 1.29 is 30.0 Å². The van der Waals surface area contributed by atoms with Gasteiger partial charge in [0, 0.05) is 14.8 Å². The van der Waals surface area contributed by atoms with Gasteiger partial charge in [-0.2, -0.15) is 21.6 Å². The third-order valence-corrected chi connectivity index (χ3v) is 6.75. The van der Waals surface area contributed by atoms with Gasteiger partial charge in [-0.15, -0.1) is 0 Å². The van der Waals surface area contributed by atoms with Gasteiger partial charge < -0.3 is 0 Å². The lowest BCUT2D eigenvalue weighted by Gasteiger charge is -2.15. The lowest BCUT2D eigenvalue weighted by atomic mass is 10.3. The highest BCUT2D eigenvalue weighted by Gasteiger charge is 2.46. The Bertz CT molecular complexity index is 1090. The zero-order valence-corrected chi connectivity index (χ0v) is 16.8. The molecule has 2 aromatic carbocycles. The number of hydrogen-bond donors (Lipinski definition) is 2. The molecule has 0 atom stereocenters. The number of halogens is 5. The van der Waals surface area contributed by atoms with Crippen LogP contribution in [0.4, 0.5) is 18.9 Å². The average molecular weight is 481 g/mol. The molecule has 0 aliphatic heterocycles. The fourth-order valence-electron chi connectivity index (χ4n) is 1.73. The number of alkyl halides is 3. The summed E-state index contributed by atoms with van der Waals surface area (Å²) in [5, 5.41) is 5.43. The van der Waals surface area contributed by atoms with Crippen LogP contribution in [0.1, 0.15) is 0 Å². The van der Waals surface area contributed by atoms with Gasteiger partial charge in [-0.25, -0.2) is 13.6 Å². The normalized spacial score (nSPS) is 12.8. The van der Waals surface area contributed by atoms with Gasteiger partial charge in [-0.1, -0.05) is 35.0 Å². The zero-order valence-electron chi connectivity index (χ0n) is 12.8. The van der Waals surface area contributed by atoms with Crippen molar-refractivity contribution >= 4 is 60.7 Å². The van der Waals surface area contributed by atoms with E-state index in [1.807, 2.05) is 0 Å². The van der Waals surface area contributed by atoms with E-state index in [1.165, 1.54) is 22.9 Å². The van der Waals surface area contributed by atoms with Gasteiger partial charge in [0.1, 0.15) is 0 Å². The van der Waals surface area contributed by atoms with Crippen LogP contribution in [0.25, 0.3) is 0 Å². The summed E-state index contributed by atoms with van der Waals surface area (Å²) in [5.41, 5.74) is -6.07. The summed E-state index contributed by atoms with van der Waals surface area (Å²) in [7, 11) is -9.92. The highest BCUT2D eigenvalue weighted by molar-refractivity contribution is 8.00. The van der Waals surface area contributed by atoms with E-state index in [-0.39, 0.29) is 9.92 Å². The molecule has 0 aromatic heterocycles. The molecule has 14 heteroatoms. The Labute approximate surface area is 166 Å². The van der Waals surface area contributed by atoms with Crippen LogP contribution in [0.3, 0.4) is 0 Å². The molecule has 27 heavy (non-hydrogen) atoms. The van der Waals surface area contributed by atoms with Crippen LogP contribution in [0.2, 0.25) is 10.0 Å². The topological polar surface area (TPSA) is 106 Å².